The van der Waals surface area contributed by atoms with Crippen LogP contribution >= 0.6 is 0 Å². The predicted octanol–water partition coefficient (Wildman–Crippen LogP) is 4.83. The van der Waals surface area contributed by atoms with Gasteiger partial charge in [-0.25, -0.2) is 13.2 Å². The van der Waals surface area contributed by atoms with Crippen LogP contribution < -0.4 is 0 Å². The highest BCUT2D eigenvalue weighted by atomic mass is 19.2. The Morgan fingerprint density at radius 2 is 1.38 bits per heavy atom. The molecule has 1 atom stereocenters. The molecule has 0 bridgehead atoms. The van der Waals surface area contributed by atoms with Crippen molar-refractivity contribution in [1.82, 2.24) is 0 Å². The summed E-state index contributed by atoms with van der Waals surface area (Å²) in [5, 5.41) is 0. The van der Waals surface area contributed by atoms with E-state index >= 15 is 0 Å². The highest BCUT2D eigenvalue weighted by molar-refractivity contribution is 5.20. The number of rotatable bonds is 11. The molecule has 1 aromatic rings. The third-order valence-corrected chi connectivity index (χ3v) is 3.81. The van der Waals surface area contributed by atoms with Gasteiger partial charge in [0.1, 0.15) is 5.82 Å². The first kappa shape index (κ1) is 20.9. The molecule has 0 heterocycles. The maximum absolute atomic E-state index is 13.7. The van der Waals surface area contributed by atoms with Gasteiger partial charge in [-0.2, -0.15) is 0 Å². The van der Waals surface area contributed by atoms with Crippen LogP contribution in [0.2, 0.25) is 0 Å². The van der Waals surface area contributed by atoms with Crippen molar-refractivity contribution in [3.8, 4) is 0 Å². The van der Waals surface area contributed by atoms with Gasteiger partial charge < -0.3 is 14.2 Å². The Morgan fingerprint density at radius 3 is 1.88 bits per heavy atom. The molecule has 0 amide bonds. The average Bonchev–Trinajstić information content (AvgIpc) is 2.52. The lowest BCUT2D eigenvalue weighted by Gasteiger charge is -2.37. The second-order valence-corrected chi connectivity index (χ2v) is 5.55. The van der Waals surface area contributed by atoms with Crippen molar-refractivity contribution < 1.29 is 27.4 Å². The molecule has 3 nitrogen and oxygen atoms in total. The van der Waals surface area contributed by atoms with Gasteiger partial charge in [0.25, 0.3) is 5.97 Å². The van der Waals surface area contributed by atoms with E-state index in [-0.39, 0.29) is 11.5 Å². The van der Waals surface area contributed by atoms with E-state index < -0.39 is 23.4 Å². The van der Waals surface area contributed by atoms with Crippen LogP contribution in [-0.4, -0.2) is 25.8 Å². The summed E-state index contributed by atoms with van der Waals surface area (Å²) in [6.45, 7) is 8.80. The minimum Gasteiger partial charge on any atom is -0.328 e. The van der Waals surface area contributed by atoms with Gasteiger partial charge in [-0.05, 0) is 51.7 Å². The molecule has 0 aliphatic carbocycles. The van der Waals surface area contributed by atoms with Crippen molar-refractivity contribution in [1.29, 1.82) is 0 Å². The van der Waals surface area contributed by atoms with E-state index in [1.54, 1.807) is 0 Å². The zero-order valence-corrected chi connectivity index (χ0v) is 14.8. The summed E-state index contributed by atoms with van der Waals surface area (Å²) in [5.41, 5.74) is 0.163. The van der Waals surface area contributed by atoms with Crippen molar-refractivity contribution in [2.45, 2.75) is 52.9 Å². The third-order valence-electron chi connectivity index (χ3n) is 3.81. The smallest absolute Gasteiger partial charge is 0.285 e. The Balaban J connectivity index is 2.71. The summed E-state index contributed by atoms with van der Waals surface area (Å²) in [4.78, 5) is 0. The molecule has 0 radical (unpaired) electrons. The summed E-state index contributed by atoms with van der Waals surface area (Å²) < 4.78 is 57.0. The zero-order valence-electron chi connectivity index (χ0n) is 14.8. The zero-order chi connectivity index (χ0) is 18.2. The van der Waals surface area contributed by atoms with Gasteiger partial charge >= 0.3 is 0 Å². The average molecular weight is 348 g/mol. The van der Waals surface area contributed by atoms with Crippen LogP contribution in [0.3, 0.4) is 0 Å². The Morgan fingerprint density at radius 1 is 0.875 bits per heavy atom. The van der Waals surface area contributed by atoms with Crippen LogP contribution in [0.4, 0.5) is 13.2 Å². The molecule has 24 heavy (non-hydrogen) atoms. The van der Waals surface area contributed by atoms with Crippen molar-refractivity contribution in [3.05, 3.63) is 35.1 Å². The first-order chi connectivity index (χ1) is 11.4. The van der Waals surface area contributed by atoms with Crippen LogP contribution in [0, 0.1) is 23.4 Å². The lowest BCUT2D eigenvalue weighted by atomic mass is 9.98. The summed E-state index contributed by atoms with van der Waals surface area (Å²) in [6.07, 6.45) is 1.49. The quantitative estimate of drug-likeness (QED) is 0.424. The van der Waals surface area contributed by atoms with Crippen molar-refractivity contribution >= 4 is 0 Å². The van der Waals surface area contributed by atoms with Gasteiger partial charge in [0.2, 0.25) is 0 Å². The van der Waals surface area contributed by atoms with Gasteiger partial charge in [-0.3, -0.25) is 0 Å². The summed E-state index contributed by atoms with van der Waals surface area (Å²) in [6, 6.07) is 1.50. The van der Waals surface area contributed by atoms with Crippen molar-refractivity contribution in [3.63, 3.8) is 0 Å². The molecule has 0 fully saturated rings. The Hall–Kier alpha value is -1.11. The number of halogens is 3. The molecule has 1 rings (SSSR count). The molecule has 138 valence electrons. The lowest BCUT2D eigenvalue weighted by Crippen LogP contribution is -2.45. The van der Waals surface area contributed by atoms with E-state index in [4.69, 9.17) is 14.2 Å². The van der Waals surface area contributed by atoms with E-state index in [1.165, 1.54) is 0 Å². The van der Waals surface area contributed by atoms with Crippen LogP contribution in [0.1, 0.15) is 46.1 Å². The molecule has 1 unspecified atom stereocenters. The number of benzene rings is 1. The maximum Gasteiger partial charge on any atom is 0.285 e. The van der Waals surface area contributed by atoms with Gasteiger partial charge in [-0.1, -0.05) is 6.92 Å². The van der Waals surface area contributed by atoms with E-state index in [1.807, 2.05) is 27.7 Å². The van der Waals surface area contributed by atoms with E-state index in [2.05, 4.69) is 0 Å². The highest BCUT2D eigenvalue weighted by Gasteiger charge is 2.38. The maximum atomic E-state index is 13.7. The van der Waals surface area contributed by atoms with Gasteiger partial charge in [0.05, 0.1) is 0 Å². The van der Waals surface area contributed by atoms with Crippen molar-refractivity contribution in [2.75, 3.05) is 19.8 Å². The largest absolute Gasteiger partial charge is 0.328 e. The van der Waals surface area contributed by atoms with Crippen LogP contribution in [0.5, 0.6) is 0 Å². The SMILES string of the molecule is CCOC(OCC)(OCC)C(C)CCCc1cc(F)c(F)cc1F. The fourth-order valence-electron chi connectivity index (χ4n) is 2.69. The van der Waals surface area contributed by atoms with Gasteiger partial charge in [0, 0.05) is 31.8 Å². The van der Waals surface area contributed by atoms with Crippen LogP contribution in [0.15, 0.2) is 12.1 Å². The Bertz CT molecular complexity index is 492. The first-order valence-electron chi connectivity index (χ1n) is 8.45. The number of hydrogen-bond acceptors (Lipinski definition) is 3. The highest BCUT2D eigenvalue weighted by Crippen LogP contribution is 2.30. The normalized spacial score (nSPS) is 13.3. The minimum atomic E-state index is -1.17. The van der Waals surface area contributed by atoms with Crippen LogP contribution in [0.25, 0.3) is 0 Å². The number of ether oxygens (including phenoxy) is 3. The molecule has 0 aliphatic rings. The fourth-order valence-corrected chi connectivity index (χ4v) is 2.69. The lowest BCUT2D eigenvalue weighted by molar-refractivity contribution is -0.400. The molecule has 0 spiro atoms. The Labute approximate surface area is 142 Å². The molecule has 0 N–H and O–H groups in total. The minimum absolute atomic E-state index is 0.106. The molecule has 0 saturated carbocycles. The van der Waals surface area contributed by atoms with E-state index in [0.29, 0.717) is 45.1 Å². The fraction of sp³-hybridized carbons (Fsp3) is 0.667. The molecule has 6 heteroatoms. The summed E-state index contributed by atoms with van der Waals surface area (Å²) >= 11 is 0. The molecule has 0 aromatic heterocycles. The second-order valence-electron chi connectivity index (χ2n) is 5.55. The standard InChI is InChI=1S/C18H27F3O3/c1-5-22-18(23-6-2,24-7-3)13(4)9-8-10-14-11-16(20)17(21)12-15(14)19/h11-13H,5-10H2,1-4H3. The number of aryl methyl sites for hydroxylation is 1. The molecular weight excluding hydrogens is 321 g/mol. The van der Waals surface area contributed by atoms with Crippen molar-refractivity contribution in [2.24, 2.45) is 5.92 Å². The predicted molar refractivity (Wildman–Crippen MR) is 86.0 cm³/mol. The second kappa shape index (κ2) is 10.0. The summed E-state index contributed by atoms with van der Waals surface area (Å²) in [7, 11) is 0. The van der Waals surface area contributed by atoms with Gasteiger partial charge in [0.15, 0.2) is 11.6 Å². The third kappa shape index (κ3) is 5.46. The number of hydrogen-bond donors (Lipinski definition) is 0. The molecular formula is C18H27F3O3. The molecule has 0 saturated heterocycles. The van der Waals surface area contributed by atoms with E-state index in [0.717, 1.165) is 6.07 Å². The molecule has 0 aliphatic heterocycles. The van der Waals surface area contributed by atoms with Crippen LogP contribution in [-0.2, 0) is 20.6 Å². The Kier molecular flexibility index (Phi) is 8.73. The van der Waals surface area contributed by atoms with E-state index in [9.17, 15) is 13.2 Å². The topological polar surface area (TPSA) is 27.7 Å². The monoisotopic (exact) mass is 348 g/mol. The first-order valence-corrected chi connectivity index (χ1v) is 8.45. The summed E-state index contributed by atoms with van der Waals surface area (Å²) in [5.74, 6) is -4.18. The van der Waals surface area contributed by atoms with Gasteiger partial charge in [-0.15, -0.1) is 0 Å². The molecule has 1 aromatic carbocycles.